The number of aromatic nitrogens is 1. The van der Waals surface area contributed by atoms with Gasteiger partial charge < -0.3 is 24.7 Å². The van der Waals surface area contributed by atoms with E-state index in [4.69, 9.17) is 4.42 Å². The van der Waals surface area contributed by atoms with E-state index in [-0.39, 0.29) is 0 Å². The third-order valence-corrected chi connectivity index (χ3v) is 3.23. The Morgan fingerprint density at radius 1 is 1.43 bits per heavy atom. The van der Waals surface area contributed by atoms with Gasteiger partial charge >= 0.3 is 0 Å². The smallest absolute Gasteiger partial charge is 0.191 e. The molecule has 0 spiro atoms. The average Bonchev–Trinajstić information content (AvgIpc) is 3.10. The highest BCUT2D eigenvalue weighted by molar-refractivity contribution is 5.79. The number of guanidine groups is 1. The van der Waals surface area contributed by atoms with Gasteiger partial charge in [-0.05, 0) is 30.7 Å². The predicted octanol–water partition coefficient (Wildman–Crippen LogP) is 1.19. The van der Waals surface area contributed by atoms with Crippen molar-refractivity contribution in [3.63, 3.8) is 0 Å². The Labute approximate surface area is 124 Å². The van der Waals surface area contributed by atoms with E-state index in [0.29, 0.717) is 24.8 Å². The van der Waals surface area contributed by atoms with Gasteiger partial charge in [0.05, 0.1) is 12.8 Å². The van der Waals surface area contributed by atoms with Crippen LogP contribution in [-0.4, -0.2) is 29.2 Å². The van der Waals surface area contributed by atoms with Crippen molar-refractivity contribution in [1.82, 2.24) is 15.2 Å². The van der Waals surface area contributed by atoms with Crippen molar-refractivity contribution in [2.24, 2.45) is 12.0 Å². The molecule has 6 nitrogen and oxygen atoms in total. The van der Waals surface area contributed by atoms with Crippen molar-refractivity contribution in [3.05, 3.63) is 48.2 Å². The summed E-state index contributed by atoms with van der Waals surface area (Å²) in [6.45, 7) is 2.67. The van der Waals surface area contributed by atoms with Gasteiger partial charge in [-0.3, -0.25) is 4.99 Å². The molecule has 0 saturated carbocycles. The van der Waals surface area contributed by atoms with Crippen LogP contribution in [0, 0.1) is 0 Å². The third kappa shape index (κ3) is 4.13. The van der Waals surface area contributed by atoms with Gasteiger partial charge in [-0.1, -0.05) is 0 Å². The minimum atomic E-state index is -1.09. The Hall–Kier alpha value is -2.21. The van der Waals surface area contributed by atoms with Gasteiger partial charge in [-0.2, -0.15) is 0 Å². The monoisotopic (exact) mass is 290 g/mol. The Morgan fingerprint density at radius 2 is 2.24 bits per heavy atom. The van der Waals surface area contributed by atoms with Crippen LogP contribution in [0.3, 0.4) is 0 Å². The first kappa shape index (κ1) is 15.2. The SMILES string of the molecule is CN=C(NCc1ccn(C)c1)NCC(C)(O)c1ccco1. The van der Waals surface area contributed by atoms with Crippen LogP contribution in [0.2, 0.25) is 0 Å². The molecule has 0 bridgehead atoms. The molecule has 1 atom stereocenters. The molecule has 2 rings (SSSR count). The molecule has 0 fully saturated rings. The molecule has 0 aliphatic heterocycles. The topological polar surface area (TPSA) is 74.7 Å². The van der Waals surface area contributed by atoms with Crippen molar-refractivity contribution >= 4 is 5.96 Å². The molecule has 3 N–H and O–H groups in total. The first-order valence-electron chi connectivity index (χ1n) is 6.83. The highest BCUT2D eigenvalue weighted by Crippen LogP contribution is 2.19. The molecule has 1 unspecified atom stereocenters. The van der Waals surface area contributed by atoms with Gasteiger partial charge in [0.1, 0.15) is 11.4 Å². The molecule has 0 aliphatic rings. The van der Waals surface area contributed by atoms with Crippen molar-refractivity contribution in [1.29, 1.82) is 0 Å². The van der Waals surface area contributed by atoms with Crippen LogP contribution in [0.25, 0.3) is 0 Å². The van der Waals surface area contributed by atoms with Gasteiger partial charge in [-0.25, -0.2) is 0 Å². The second-order valence-electron chi connectivity index (χ2n) is 5.22. The first-order chi connectivity index (χ1) is 10.0. The van der Waals surface area contributed by atoms with Gasteiger partial charge in [0, 0.05) is 33.0 Å². The minimum absolute atomic E-state index is 0.301. The Kier molecular flexibility index (Phi) is 4.70. The molecule has 0 aliphatic carbocycles. The van der Waals surface area contributed by atoms with Crippen molar-refractivity contribution in [2.45, 2.75) is 19.1 Å². The highest BCUT2D eigenvalue weighted by atomic mass is 16.4. The van der Waals surface area contributed by atoms with Crippen LogP contribution in [0.15, 0.2) is 46.3 Å². The fourth-order valence-electron chi connectivity index (χ4n) is 2.00. The molecule has 0 saturated heterocycles. The molecule has 2 heterocycles. The molecule has 0 aromatic carbocycles. The lowest BCUT2D eigenvalue weighted by atomic mass is 10.0. The van der Waals surface area contributed by atoms with Crippen LogP contribution in [0.1, 0.15) is 18.2 Å². The maximum absolute atomic E-state index is 10.4. The lowest BCUT2D eigenvalue weighted by Gasteiger charge is -2.22. The first-order valence-corrected chi connectivity index (χ1v) is 6.83. The number of furan rings is 1. The molecule has 2 aromatic heterocycles. The summed E-state index contributed by atoms with van der Waals surface area (Å²) in [4.78, 5) is 4.14. The quantitative estimate of drug-likeness (QED) is 0.571. The number of nitrogens with one attached hydrogen (secondary N) is 2. The maximum Gasteiger partial charge on any atom is 0.191 e. The summed E-state index contributed by atoms with van der Waals surface area (Å²) in [6.07, 6.45) is 5.58. The highest BCUT2D eigenvalue weighted by Gasteiger charge is 2.26. The third-order valence-electron chi connectivity index (χ3n) is 3.23. The van der Waals surface area contributed by atoms with Crippen LogP contribution in [0.5, 0.6) is 0 Å². The normalized spacial score (nSPS) is 14.8. The van der Waals surface area contributed by atoms with E-state index < -0.39 is 5.60 Å². The lowest BCUT2D eigenvalue weighted by Crippen LogP contribution is -2.44. The summed E-state index contributed by atoms with van der Waals surface area (Å²) in [5.74, 6) is 1.15. The molecule has 21 heavy (non-hydrogen) atoms. The van der Waals surface area contributed by atoms with Crippen LogP contribution >= 0.6 is 0 Å². The van der Waals surface area contributed by atoms with E-state index >= 15 is 0 Å². The van der Waals surface area contributed by atoms with Crippen LogP contribution in [0.4, 0.5) is 0 Å². The van der Waals surface area contributed by atoms with Crippen LogP contribution in [-0.2, 0) is 19.2 Å². The van der Waals surface area contributed by atoms with E-state index in [1.165, 1.54) is 5.56 Å². The number of hydrogen-bond donors (Lipinski definition) is 3. The molecular formula is C15H22N4O2. The zero-order valence-electron chi connectivity index (χ0n) is 12.6. The largest absolute Gasteiger partial charge is 0.466 e. The van der Waals surface area contributed by atoms with E-state index in [0.717, 1.165) is 0 Å². The molecule has 6 heteroatoms. The summed E-state index contributed by atoms with van der Waals surface area (Å²) in [5, 5.41) is 16.7. The summed E-state index contributed by atoms with van der Waals surface area (Å²) >= 11 is 0. The lowest BCUT2D eigenvalue weighted by molar-refractivity contribution is 0.0386. The van der Waals surface area contributed by atoms with Gasteiger partial charge in [0.15, 0.2) is 5.96 Å². The Balaban J connectivity index is 1.85. The molecule has 0 amide bonds. The predicted molar refractivity (Wildman–Crippen MR) is 81.9 cm³/mol. The Bertz CT molecular complexity index is 585. The van der Waals surface area contributed by atoms with Crippen LogP contribution < -0.4 is 10.6 Å². The molecular weight excluding hydrogens is 268 g/mol. The molecule has 114 valence electrons. The number of nitrogens with zero attached hydrogens (tertiary/aromatic N) is 2. The summed E-state index contributed by atoms with van der Waals surface area (Å²) < 4.78 is 7.24. The second-order valence-corrected chi connectivity index (χ2v) is 5.22. The average molecular weight is 290 g/mol. The molecule has 2 aromatic rings. The standard InChI is InChI=1S/C15H22N4O2/c1-15(20,13-5-4-8-21-13)11-18-14(16-2)17-9-12-6-7-19(3)10-12/h4-8,10,20H,9,11H2,1-3H3,(H2,16,17,18). The fraction of sp³-hybridized carbons (Fsp3) is 0.400. The van der Waals surface area contributed by atoms with E-state index in [1.807, 2.05) is 30.1 Å². The van der Waals surface area contributed by atoms with Crippen molar-refractivity contribution in [3.8, 4) is 0 Å². The summed E-state index contributed by atoms with van der Waals surface area (Å²) in [6, 6.07) is 5.55. The summed E-state index contributed by atoms with van der Waals surface area (Å²) in [7, 11) is 3.68. The molecule has 0 radical (unpaired) electrons. The Morgan fingerprint density at radius 3 is 2.81 bits per heavy atom. The number of aryl methyl sites for hydroxylation is 1. The zero-order chi connectivity index (χ0) is 15.3. The summed E-state index contributed by atoms with van der Waals surface area (Å²) in [5.41, 5.74) is 0.0756. The number of aliphatic imine (C=N–C) groups is 1. The fourth-order valence-corrected chi connectivity index (χ4v) is 2.00. The van der Waals surface area contributed by atoms with E-state index in [9.17, 15) is 5.11 Å². The number of rotatable bonds is 5. The number of hydrogen-bond acceptors (Lipinski definition) is 3. The van der Waals surface area contributed by atoms with Gasteiger partial charge in [0.25, 0.3) is 0 Å². The van der Waals surface area contributed by atoms with Gasteiger partial charge in [-0.15, -0.1) is 0 Å². The van der Waals surface area contributed by atoms with E-state index in [1.54, 1.807) is 32.4 Å². The minimum Gasteiger partial charge on any atom is -0.466 e. The van der Waals surface area contributed by atoms with E-state index in [2.05, 4.69) is 15.6 Å². The maximum atomic E-state index is 10.4. The zero-order valence-corrected chi connectivity index (χ0v) is 12.6. The number of aliphatic hydroxyl groups is 1. The second kappa shape index (κ2) is 6.49. The van der Waals surface area contributed by atoms with Gasteiger partial charge in [0.2, 0.25) is 0 Å². The van der Waals surface area contributed by atoms with Crippen molar-refractivity contribution in [2.75, 3.05) is 13.6 Å². The van der Waals surface area contributed by atoms with Crippen molar-refractivity contribution < 1.29 is 9.52 Å².